The number of amides is 2. The van der Waals surface area contributed by atoms with Gasteiger partial charge in [-0.25, -0.2) is 4.68 Å². The maximum atomic E-state index is 12.5. The summed E-state index contributed by atoms with van der Waals surface area (Å²) >= 11 is 0. The Bertz CT molecular complexity index is 818. The van der Waals surface area contributed by atoms with Crippen molar-refractivity contribution in [2.24, 2.45) is 0 Å². The first-order chi connectivity index (χ1) is 12.8. The van der Waals surface area contributed by atoms with Crippen LogP contribution in [0.25, 0.3) is 0 Å². The second-order valence-electron chi connectivity index (χ2n) is 7.80. The molecule has 8 heteroatoms. The summed E-state index contributed by atoms with van der Waals surface area (Å²) in [5, 5.41) is 17.1. The lowest BCUT2D eigenvalue weighted by molar-refractivity contribution is 0.0918. The SMILES string of the molecule is CC(C)(C)NC(=O)c1cccc(NC(=O)c2cn(C3CCNCC3)nn2)c1. The van der Waals surface area contributed by atoms with Gasteiger partial charge in [-0.3, -0.25) is 9.59 Å². The van der Waals surface area contributed by atoms with Crippen LogP contribution < -0.4 is 16.0 Å². The Morgan fingerprint density at radius 2 is 1.93 bits per heavy atom. The number of carbonyl (C=O) groups excluding carboxylic acids is 2. The Morgan fingerprint density at radius 1 is 1.19 bits per heavy atom. The van der Waals surface area contributed by atoms with Gasteiger partial charge in [-0.1, -0.05) is 11.3 Å². The van der Waals surface area contributed by atoms with Crippen molar-refractivity contribution >= 4 is 17.5 Å². The fourth-order valence-corrected chi connectivity index (χ4v) is 2.98. The molecule has 3 N–H and O–H groups in total. The summed E-state index contributed by atoms with van der Waals surface area (Å²) in [5.41, 5.74) is 0.959. The van der Waals surface area contributed by atoms with Crippen LogP contribution in [0.4, 0.5) is 5.69 Å². The van der Waals surface area contributed by atoms with E-state index in [1.165, 1.54) is 0 Å². The van der Waals surface area contributed by atoms with Crippen molar-refractivity contribution in [1.29, 1.82) is 0 Å². The number of rotatable bonds is 4. The third-order valence-corrected chi connectivity index (χ3v) is 4.30. The molecule has 27 heavy (non-hydrogen) atoms. The molecule has 1 aliphatic heterocycles. The predicted molar refractivity (Wildman–Crippen MR) is 103 cm³/mol. The molecule has 0 atom stereocenters. The summed E-state index contributed by atoms with van der Waals surface area (Å²) in [7, 11) is 0. The first-order valence-corrected chi connectivity index (χ1v) is 9.18. The maximum Gasteiger partial charge on any atom is 0.277 e. The molecule has 1 saturated heterocycles. The van der Waals surface area contributed by atoms with Crippen molar-refractivity contribution in [2.45, 2.75) is 45.2 Å². The van der Waals surface area contributed by atoms with Gasteiger partial charge >= 0.3 is 0 Å². The van der Waals surface area contributed by atoms with E-state index in [4.69, 9.17) is 0 Å². The number of hydrogen-bond acceptors (Lipinski definition) is 5. The van der Waals surface area contributed by atoms with Gasteiger partial charge < -0.3 is 16.0 Å². The summed E-state index contributed by atoms with van der Waals surface area (Å²) in [6.07, 6.45) is 3.62. The van der Waals surface area contributed by atoms with Crippen molar-refractivity contribution in [3.63, 3.8) is 0 Å². The maximum absolute atomic E-state index is 12.5. The van der Waals surface area contributed by atoms with Gasteiger partial charge in [0.05, 0.1) is 12.2 Å². The van der Waals surface area contributed by atoms with Crippen molar-refractivity contribution in [3.8, 4) is 0 Å². The van der Waals surface area contributed by atoms with Gasteiger partial charge in [-0.15, -0.1) is 5.10 Å². The molecular formula is C19H26N6O2. The zero-order valence-electron chi connectivity index (χ0n) is 16.0. The fraction of sp³-hybridized carbons (Fsp3) is 0.474. The Balaban J connectivity index is 1.66. The molecule has 2 aromatic rings. The predicted octanol–water partition coefficient (Wildman–Crippen LogP) is 1.98. The topological polar surface area (TPSA) is 101 Å². The van der Waals surface area contributed by atoms with Crippen molar-refractivity contribution in [1.82, 2.24) is 25.6 Å². The van der Waals surface area contributed by atoms with Crippen LogP contribution in [0.15, 0.2) is 30.5 Å². The standard InChI is InChI=1S/C19H26N6O2/c1-19(2,3)22-17(26)13-5-4-6-14(11-13)21-18(27)16-12-25(24-23-16)15-7-9-20-10-8-15/h4-6,11-12,15,20H,7-10H2,1-3H3,(H,21,27)(H,22,26). The number of nitrogens with one attached hydrogen (secondary N) is 3. The van der Waals surface area contributed by atoms with Crippen molar-refractivity contribution in [2.75, 3.05) is 18.4 Å². The lowest BCUT2D eigenvalue weighted by Crippen LogP contribution is -2.40. The van der Waals surface area contributed by atoms with Gasteiger partial charge in [0.25, 0.3) is 11.8 Å². The molecule has 1 aromatic heterocycles. The highest BCUT2D eigenvalue weighted by Crippen LogP contribution is 2.18. The van der Waals surface area contributed by atoms with Gasteiger partial charge in [0, 0.05) is 16.8 Å². The first-order valence-electron chi connectivity index (χ1n) is 9.18. The largest absolute Gasteiger partial charge is 0.347 e. The third kappa shape index (κ3) is 5.13. The van der Waals surface area contributed by atoms with E-state index in [-0.39, 0.29) is 29.1 Å². The molecule has 0 saturated carbocycles. The number of benzene rings is 1. The van der Waals surface area contributed by atoms with Crippen LogP contribution in [-0.2, 0) is 0 Å². The minimum absolute atomic E-state index is 0.185. The molecule has 1 aromatic carbocycles. The van der Waals surface area contributed by atoms with Crippen LogP contribution in [0, 0.1) is 0 Å². The molecule has 2 heterocycles. The normalized spacial score (nSPS) is 15.4. The average Bonchev–Trinajstić information content (AvgIpc) is 3.11. The Hall–Kier alpha value is -2.74. The van der Waals surface area contributed by atoms with E-state index in [2.05, 4.69) is 26.3 Å². The third-order valence-electron chi connectivity index (χ3n) is 4.30. The van der Waals surface area contributed by atoms with E-state index in [1.54, 1.807) is 35.1 Å². The molecule has 0 radical (unpaired) electrons. The number of carbonyl (C=O) groups is 2. The van der Waals surface area contributed by atoms with Crippen molar-refractivity contribution in [3.05, 3.63) is 41.7 Å². The molecule has 144 valence electrons. The summed E-state index contributed by atoms with van der Waals surface area (Å²) in [5.74, 6) is -0.529. The second kappa shape index (κ2) is 7.87. The van der Waals surface area contributed by atoms with Gasteiger partial charge in [-0.05, 0) is 64.9 Å². The number of hydrogen-bond donors (Lipinski definition) is 3. The Labute approximate surface area is 158 Å². The van der Waals surface area contributed by atoms with Crippen LogP contribution in [0.5, 0.6) is 0 Å². The number of anilines is 1. The van der Waals surface area contributed by atoms with E-state index in [1.807, 2.05) is 20.8 Å². The molecular weight excluding hydrogens is 344 g/mol. The highest BCUT2D eigenvalue weighted by Gasteiger charge is 2.19. The molecule has 0 spiro atoms. The van der Waals surface area contributed by atoms with Crippen LogP contribution >= 0.6 is 0 Å². The minimum Gasteiger partial charge on any atom is -0.347 e. The minimum atomic E-state index is -0.344. The summed E-state index contributed by atoms with van der Waals surface area (Å²) in [6, 6.07) is 7.10. The zero-order valence-corrected chi connectivity index (χ0v) is 16.0. The molecule has 0 unspecified atom stereocenters. The summed E-state index contributed by atoms with van der Waals surface area (Å²) in [6.45, 7) is 7.64. The summed E-state index contributed by atoms with van der Waals surface area (Å²) < 4.78 is 1.77. The highest BCUT2D eigenvalue weighted by atomic mass is 16.2. The summed E-state index contributed by atoms with van der Waals surface area (Å²) in [4.78, 5) is 24.8. The lowest BCUT2D eigenvalue weighted by atomic mass is 10.1. The highest BCUT2D eigenvalue weighted by molar-refractivity contribution is 6.03. The van der Waals surface area contributed by atoms with E-state index in [0.717, 1.165) is 25.9 Å². The molecule has 0 aliphatic carbocycles. The zero-order chi connectivity index (χ0) is 19.4. The number of piperidine rings is 1. The number of aromatic nitrogens is 3. The van der Waals surface area contributed by atoms with Crippen molar-refractivity contribution < 1.29 is 9.59 Å². The molecule has 1 aliphatic rings. The molecule has 1 fully saturated rings. The molecule has 3 rings (SSSR count). The smallest absolute Gasteiger partial charge is 0.277 e. The molecule has 8 nitrogen and oxygen atoms in total. The van der Waals surface area contributed by atoms with Crippen LogP contribution in [-0.4, -0.2) is 45.4 Å². The fourth-order valence-electron chi connectivity index (χ4n) is 2.98. The van der Waals surface area contributed by atoms with Crippen LogP contribution in [0.2, 0.25) is 0 Å². The first kappa shape index (κ1) is 19.0. The van der Waals surface area contributed by atoms with E-state index in [0.29, 0.717) is 11.3 Å². The molecule has 0 bridgehead atoms. The second-order valence-corrected chi connectivity index (χ2v) is 7.80. The van der Waals surface area contributed by atoms with E-state index >= 15 is 0 Å². The van der Waals surface area contributed by atoms with E-state index < -0.39 is 0 Å². The van der Waals surface area contributed by atoms with Crippen LogP contribution in [0.3, 0.4) is 0 Å². The quantitative estimate of drug-likeness (QED) is 0.764. The number of nitrogens with zero attached hydrogens (tertiary/aromatic N) is 3. The van der Waals surface area contributed by atoms with E-state index in [9.17, 15) is 9.59 Å². The van der Waals surface area contributed by atoms with Crippen LogP contribution in [0.1, 0.15) is 60.5 Å². The van der Waals surface area contributed by atoms with Gasteiger partial charge in [-0.2, -0.15) is 0 Å². The van der Waals surface area contributed by atoms with Gasteiger partial charge in [0.2, 0.25) is 0 Å². The monoisotopic (exact) mass is 370 g/mol. The van der Waals surface area contributed by atoms with Gasteiger partial charge in [0.15, 0.2) is 5.69 Å². The average molecular weight is 370 g/mol. The lowest BCUT2D eigenvalue weighted by Gasteiger charge is -2.22. The Morgan fingerprint density at radius 3 is 2.63 bits per heavy atom. The van der Waals surface area contributed by atoms with Gasteiger partial charge in [0.1, 0.15) is 0 Å². The Kier molecular flexibility index (Phi) is 5.55. The molecule has 2 amide bonds.